The van der Waals surface area contributed by atoms with Gasteiger partial charge in [-0.15, -0.1) is 0 Å². The highest BCUT2D eigenvalue weighted by atomic mass is 16.5. The third-order valence-electron chi connectivity index (χ3n) is 6.03. The molecule has 1 unspecified atom stereocenters. The molecule has 4 amide bonds. The summed E-state index contributed by atoms with van der Waals surface area (Å²) in [6.07, 6.45) is 0. The summed E-state index contributed by atoms with van der Waals surface area (Å²) >= 11 is 0. The van der Waals surface area contributed by atoms with E-state index in [0.717, 1.165) is 5.56 Å². The number of nitrogens with one attached hydrogen (secondary N) is 2. The number of benzene rings is 2. The van der Waals surface area contributed by atoms with Crippen LogP contribution in [0.25, 0.3) is 0 Å². The molecule has 1 aliphatic rings. The average molecular weight is 483 g/mol. The molecule has 0 aromatic heterocycles. The Bertz CT molecular complexity index is 1020. The maximum atomic E-state index is 13.2. The van der Waals surface area contributed by atoms with Crippen LogP contribution in [-0.2, 0) is 11.3 Å². The third-order valence-corrected chi connectivity index (χ3v) is 6.03. The fraction of sp³-hybridized carbons (Fsp3) is 0.423. The van der Waals surface area contributed by atoms with Crippen LogP contribution in [0.15, 0.2) is 48.5 Å². The molecule has 2 aromatic carbocycles. The number of urea groups is 1. The van der Waals surface area contributed by atoms with E-state index in [4.69, 9.17) is 9.47 Å². The predicted octanol–water partition coefficient (Wildman–Crippen LogP) is 2.51. The molecule has 0 saturated carbocycles. The van der Waals surface area contributed by atoms with Crippen molar-refractivity contribution in [3.63, 3.8) is 0 Å². The Hall–Kier alpha value is -3.75. The van der Waals surface area contributed by atoms with Crippen LogP contribution in [0.5, 0.6) is 11.5 Å². The van der Waals surface area contributed by atoms with Crippen molar-refractivity contribution in [3.05, 3.63) is 59.7 Å². The van der Waals surface area contributed by atoms with Crippen molar-refractivity contribution in [1.29, 1.82) is 0 Å². The molecule has 3 rings (SSSR count). The van der Waals surface area contributed by atoms with Gasteiger partial charge in [0.1, 0.15) is 17.5 Å². The molecule has 0 spiro atoms. The van der Waals surface area contributed by atoms with Crippen molar-refractivity contribution in [1.82, 2.24) is 20.4 Å². The van der Waals surface area contributed by atoms with Gasteiger partial charge < -0.3 is 29.9 Å². The molecule has 1 fully saturated rings. The lowest BCUT2D eigenvalue weighted by Gasteiger charge is -2.37. The molecule has 1 atom stereocenters. The van der Waals surface area contributed by atoms with Crippen molar-refractivity contribution in [3.8, 4) is 11.5 Å². The van der Waals surface area contributed by atoms with Crippen LogP contribution in [0.1, 0.15) is 29.8 Å². The standard InChI is InChI=1S/C26H34N4O5/c1-18(2)23(28-26(33)27-17-19-8-6-5-7-9-19)25(32)30-14-12-29(13-15-30)24(31)21-11-10-20(34-3)16-22(21)35-4/h5-11,16,18,23H,12-15,17H2,1-4H3,(H2,27,28,33). The monoisotopic (exact) mass is 482 g/mol. The Morgan fingerprint density at radius 1 is 0.914 bits per heavy atom. The molecule has 0 radical (unpaired) electrons. The van der Waals surface area contributed by atoms with Crippen LogP contribution < -0.4 is 20.1 Å². The molecule has 2 N–H and O–H groups in total. The van der Waals surface area contributed by atoms with E-state index in [-0.39, 0.29) is 23.8 Å². The number of carbonyl (C=O) groups excluding carboxylic acids is 3. The van der Waals surface area contributed by atoms with Gasteiger partial charge >= 0.3 is 6.03 Å². The summed E-state index contributed by atoms with van der Waals surface area (Å²) in [5.74, 6) is 0.653. The largest absolute Gasteiger partial charge is 0.497 e. The molecule has 1 heterocycles. The number of carbonyl (C=O) groups is 3. The zero-order valence-corrected chi connectivity index (χ0v) is 20.7. The number of hydrogen-bond donors (Lipinski definition) is 2. The van der Waals surface area contributed by atoms with Crippen LogP contribution in [0, 0.1) is 5.92 Å². The van der Waals surface area contributed by atoms with Gasteiger partial charge in [0.15, 0.2) is 0 Å². The van der Waals surface area contributed by atoms with Gasteiger partial charge in [-0.2, -0.15) is 0 Å². The molecule has 35 heavy (non-hydrogen) atoms. The molecule has 2 aromatic rings. The second-order valence-corrected chi connectivity index (χ2v) is 8.72. The lowest BCUT2D eigenvalue weighted by atomic mass is 10.0. The summed E-state index contributed by atoms with van der Waals surface area (Å²) in [5.41, 5.74) is 1.43. The second-order valence-electron chi connectivity index (χ2n) is 8.72. The van der Waals surface area contributed by atoms with Crippen molar-refractivity contribution in [2.75, 3.05) is 40.4 Å². The van der Waals surface area contributed by atoms with Crippen LogP contribution in [0.3, 0.4) is 0 Å². The molecule has 1 aliphatic heterocycles. The first-order valence-electron chi connectivity index (χ1n) is 11.7. The van der Waals surface area contributed by atoms with Crippen molar-refractivity contribution in [2.45, 2.75) is 26.4 Å². The molecular weight excluding hydrogens is 448 g/mol. The van der Waals surface area contributed by atoms with Crippen molar-refractivity contribution < 1.29 is 23.9 Å². The summed E-state index contributed by atoms with van der Waals surface area (Å²) in [7, 11) is 3.07. The van der Waals surface area contributed by atoms with Gasteiger partial charge in [0, 0.05) is 38.8 Å². The number of methoxy groups -OCH3 is 2. The Labute approximate surface area is 206 Å². The van der Waals surface area contributed by atoms with E-state index < -0.39 is 6.04 Å². The van der Waals surface area contributed by atoms with Gasteiger partial charge in [0.2, 0.25) is 5.91 Å². The van der Waals surface area contributed by atoms with E-state index in [1.165, 1.54) is 7.11 Å². The van der Waals surface area contributed by atoms with Gasteiger partial charge in [0.05, 0.1) is 19.8 Å². The van der Waals surface area contributed by atoms with E-state index in [2.05, 4.69) is 10.6 Å². The van der Waals surface area contributed by atoms with Crippen LogP contribution in [0.2, 0.25) is 0 Å². The van der Waals surface area contributed by atoms with E-state index in [0.29, 0.717) is 49.8 Å². The number of amides is 4. The number of hydrogen-bond acceptors (Lipinski definition) is 5. The molecule has 1 saturated heterocycles. The fourth-order valence-corrected chi connectivity index (χ4v) is 3.96. The lowest BCUT2D eigenvalue weighted by molar-refractivity contribution is -0.135. The van der Waals surface area contributed by atoms with Crippen molar-refractivity contribution in [2.24, 2.45) is 5.92 Å². The number of piperazine rings is 1. The summed E-state index contributed by atoms with van der Waals surface area (Å²) in [5, 5.41) is 5.63. The lowest BCUT2D eigenvalue weighted by Crippen LogP contribution is -2.58. The maximum absolute atomic E-state index is 13.2. The molecular formula is C26H34N4O5. The number of ether oxygens (including phenoxy) is 2. The van der Waals surface area contributed by atoms with Gasteiger partial charge in [0.25, 0.3) is 5.91 Å². The quantitative estimate of drug-likeness (QED) is 0.602. The van der Waals surface area contributed by atoms with E-state index >= 15 is 0 Å². The minimum atomic E-state index is -0.658. The topological polar surface area (TPSA) is 100 Å². The highest BCUT2D eigenvalue weighted by Gasteiger charge is 2.32. The molecule has 188 valence electrons. The Balaban J connectivity index is 1.56. The smallest absolute Gasteiger partial charge is 0.315 e. The highest BCUT2D eigenvalue weighted by Crippen LogP contribution is 2.26. The fourth-order valence-electron chi connectivity index (χ4n) is 3.96. The molecule has 0 bridgehead atoms. The summed E-state index contributed by atoms with van der Waals surface area (Å²) in [4.78, 5) is 42.2. The van der Waals surface area contributed by atoms with Gasteiger partial charge in [-0.05, 0) is 23.6 Å². The minimum absolute atomic E-state index is 0.0896. The summed E-state index contributed by atoms with van der Waals surface area (Å²) in [6.45, 7) is 5.74. The SMILES string of the molecule is COc1ccc(C(=O)N2CCN(C(=O)C(NC(=O)NCc3ccccc3)C(C)C)CC2)c(OC)c1. The third kappa shape index (κ3) is 6.65. The van der Waals surface area contributed by atoms with Gasteiger partial charge in [-0.3, -0.25) is 9.59 Å². The minimum Gasteiger partial charge on any atom is -0.497 e. The number of nitrogens with zero attached hydrogens (tertiary/aromatic N) is 2. The zero-order chi connectivity index (χ0) is 25.4. The normalized spacial score (nSPS) is 14.3. The first-order chi connectivity index (χ1) is 16.8. The molecule has 9 nitrogen and oxygen atoms in total. The predicted molar refractivity (Wildman–Crippen MR) is 132 cm³/mol. The average Bonchev–Trinajstić information content (AvgIpc) is 2.89. The van der Waals surface area contributed by atoms with E-state index in [9.17, 15) is 14.4 Å². The summed E-state index contributed by atoms with van der Waals surface area (Å²) < 4.78 is 10.6. The summed E-state index contributed by atoms with van der Waals surface area (Å²) in [6, 6.07) is 13.6. The van der Waals surface area contributed by atoms with E-state index in [1.54, 1.807) is 35.1 Å². The highest BCUT2D eigenvalue weighted by molar-refractivity contribution is 5.97. The van der Waals surface area contributed by atoms with Crippen LogP contribution in [0.4, 0.5) is 4.79 Å². The molecule has 0 aliphatic carbocycles. The van der Waals surface area contributed by atoms with Gasteiger partial charge in [-0.1, -0.05) is 44.2 Å². The van der Waals surface area contributed by atoms with Crippen LogP contribution in [-0.4, -0.2) is 74.1 Å². The first-order valence-corrected chi connectivity index (χ1v) is 11.7. The number of rotatable bonds is 8. The maximum Gasteiger partial charge on any atom is 0.315 e. The van der Waals surface area contributed by atoms with Crippen molar-refractivity contribution >= 4 is 17.8 Å². The van der Waals surface area contributed by atoms with Crippen LogP contribution >= 0.6 is 0 Å². The Morgan fingerprint density at radius 2 is 1.57 bits per heavy atom. The van der Waals surface area contributed by atoms with Gasteiger partial charge in [-0.25, -0.2) is 4.79 Å². The second kappa shape index (κ2) is 12.1. The van der Waals surface area contributed by atoms with E-state index in [1.807, 2.05) is 44.2 Å². The first kappa shape index (κ1) is 25.9. The zero-order valence-electron chi connectivity index (χ0n) is 20.7. The Kier molecular flexibility index (Phi) is 8.94. The Morgan fingerprint density at radius 3 is 2.17 bits per heavy atom. The molecule has 9 heteroatoms.